The first-order valence-corrected chi connectivity index (χ1v) is 22.9. The van der Waals surface area contributed by atoms with Gasteiger partial charge in [-0.3, -0.25) is 0 Å². The fraction of sp³-hybridized carbons (Fsp3) is 0.500. The van der Waals surface area contributed by atoms with Crippen LogP contribution in [0.25, 0.3) is 11.3 Å². The van der Waals surface area contributed by atoms with E-state index in [1.165, 1.54) is 0 Å². The Morgan fingerprint density at radius 3 is 1.45 bits per heavy atom. The molecule has 4 aliphatic rings. The molecular weight excluding hydrogens is 845 g/mol. The molecule has 6 atom stereocenters. The van der Waals surface area contributed by atoms with Crippen LogP contribution in [0, 0.1) is 0 Å². The number of nitrogens with zero attached hydrogens (tertiary/aromatic N) is 8. The summed E-state index contributed by atoms with van der Waals surface area (Å²) in [6.07, 6.45) is 13.8. The van der Waals surface area contributed by atoms with Crippen LogP contribution in [0.15, 0.2) is 73.6 Å². The highest BCUT2D eigenvalue weighted by atomic mass is 16.5. The van der Waals surface area contributed by atoms with E-state index in [0.717, 1.165) is 84.1 Å². The lowest BCUT2D eigenvalue weighted by atomic mass is 9.98. The van der Waals surface area contributed by atoms with Crippen LogP contribution in [0.5, 0.6) is 11.5 Å². The number of ether oxygens (including phenoxy) is 2. The van der Waals surface area contributed by atoms with Crippen LogP contribution < -0.4 is 29.9 Å². The first-order valence-electron chi connectivity index (χ1n) is 22.9. The number of hydrogen-bond acceptors (Lipinski definition) is 16. The Hall–Kier alpha value is -5.76. The minimum Gasteiger partial charge on any atom is -0.484 e. The Balaban J connectivity index is 0.000000166. The van der Waals surface area contributed by atoms with Crippen molar-refractivity contribution < 1.29 is 40.1 Å². The third-order valence-corrected chi connectivity index (χ3v) is 13.5. The van der Waals surface area contributed by atoms with Crippen LogP contribution in [0.1, 0.15) is 101 Å². The third-order valence-electron chi connectivity index (χ3n) is 13.5. The quantitative estimate of drug-likeness (QED) is 0.0884. The zero-order valence-corrected chi connectivity index (χ0v) is 38.1. The summed E-state index contributed by atoms with van der Waals surface area (Å²) in [6.45, 7) is 10.3. The lowest BCUT2D eigenvalue weighted by Gasteiger charge is -2.28. The van der Waals surface area contributed by atoms with Crippen LogP contribution in [-0.4, -0.2) is 122 Å². The fourth-order valence-corrected chi connectivity index (χ4v) is 9.57. The topological polar surface area (TPSA) is 231 Å². The molecule has 8 heterocycles. The zero-order chi connectivity index (χ0) is 46.4. The number of anilines is 4. The maximum absolute atomic E-state index is 11.1. The predicted octanol–water partition coefficient (Wildman–Crippen LogP) is 4.52. The average molecular weight is 907 g/mol. The molecule has 4 aliphatic heterocycles. The van der Waals surface area contributed by atoms with Gasteiger partial charge in [0.15, 0.2) is 23.8 Å². The van der Waals surface area contributed by atoms with E-state index in [1.54, 1.807) is 58.3 Å². The smallest absolute Gasteiger partial charge is 0.162 e. The van der Waals surface area contributed by atoms with E-state index in [-0.39, 0.29) is 13.2 Å². The molecule has 0 aliphatic carbocycles. The van der Waals surface area contributed by atoms with Crippen molar-refractivity contribution in [1.82, 2.24) is 29.2 Å². The number of hydrogen-bond donors (Lipinski definition) is 8. The Morgan fingerprint density at radius 1 is 0.621 bits per heavy atom. The van der Waals surface area contributed by atoms with Crippen LogP contribution in [-0.2, 0) is 12.8 Å². The maximum Gasteiger partial charge on any atom is 0.162 e. The highest BCUT2D eigenvalue weighted by molar-refractivity contribution is 5.76. The minimum atomic E-state index is -1.02. The van der Waals surface area contributed by atoms with Crippen molar-refractivity contribution >= 4 is 34.0 Å². The summed E-state index contributed by atoms with van der Waals surface area (Å²) < 4.78 is 15.4. The predicted molar refractivity (Wildman–Crippen MR) is 249 cm³/mol. The largest absolute Gasteiger partial charge is 0.484 e. The SMILES string of the molecule is C[C@@]1(O)CCCN(c2cc3c(cc2NC(O)c2cnn4cccnc24)C[C@@](C)(CO)O3)CC1.C[C@]1(O)CCCN(c2cc3c(cc2NC(O)c2cnn4cccnc24)C[C@@](C)(CO)O3)CC1. The minimum absolute atomic E-state index is 0.0803. The monoisotopic (exact) mass is 906 g/mol. The molecule has 2 unspecified atom stereocenters. The van der Waals surface area contributed by atoms with E-state index in [9.17, 15) is 30.6 Å². The van der Waals surface area contributed by atoms with Crippen LogP contribution in [0.2, 0.25) is 0 Å². The molecule has 66 heavy (non-hydrogen) atoms. The van der Waals surface area contributed by atoms with Gasteiger partial charge in [-0.15, -0.1) is 0 Å². The van der Waals surface area contributed by atoms with Gasteiger partial charge >= 0.3 is 0 Å². The highest BCUT2D eigenvalue weighted by Crippen LogP contribution is 2.45. The van der Waals surface area contributed by atoms with Crippen LogP contribution >= 0.6 is 0 Å². The first kappa shape index (κ1) is 45.4. The number of aromatic nitrogens is 6. The van der Waals surface area contributed by atoms with Gasteiger partial charge in [0.2, 0.25) is 0 Å². The molecule has 4 aromatic heterocycles. The molecule has 10 rings (SSSR count). The second-order valence-corrected chi connectivity index (χ2v) is 19.5. The van der Waals surface area contributed by atoms with Crippen molar-refractivity contribution in [2.24, 2.45) is 0 Å². The van der Waals surface area contributed by atoms with Crippen molar-refractivity contribution in [2.45, 2.75) is 114 Å². The van der Waals surface area contributed by atoms with Gasteiger partial charge in [0, 0.05) is 87.1 Å². The summed E-state index contributed by atoms with van der Waals surface area (Å²) in [5, 5.41) is 78.0. The lowest BCUT2D eigenvalue weighted by Crippen LogP contribution is -2.34. The van der Waals surface area contributed by atoms with E-state index >= 15 is 0 Å². The summed E-state index contributed by atoms with van der Waals surface area (Å²) in [6, 6.07) is 11.5. The number of aliphatic hydroxyl groups is 6. The molecule has 352 valence electrons. The Labute approximate surface area is 383 Å². The van der Waals surface area contributed by atoms with E-state index in [2.05, 4.69) is 40.6 Å². The molecule has 0 bridgehead atoms. The van der Waals surface area contributed by atoms with Gasteiger partial charge in [-0.25, -0.2) is 19.0 Å². The van der Waals surface area contributed by atoms with Gasteiger partial charge in [-0.05, 0) is 90.5 Å². The van der Waals surface area contributed by atoms with Gasteiger partial charge < -0.3 is 60.5 Å². The van der Waals surface area contributed by atoms with Gasteiger partial charge in [-0.2, -0.15) is 10.2 Å². The van der Waals surface area contributed by atoms with E-state index < -0.39 is 34.9 Å². The molecule has 2 fully saturated rings. The molecule has 18 nitrogen and oxygen atoms in total. The van der Waals surface area contributed by atoms with Gasteiger partial charge in [0.25, 0.3) is 0 Å². The molecule has 18 heteroatoms. The van der Waals surface area contributed by atoms with Gasteiger partial charge in [0.1, 0.15) is 22.7 Å². The number of aliphatic hydroxyl groups excluding tert-OH is 4. The molecule has 2 aromatic carbocycles. The number of rotatable bonds is 10. The van der Waals surface area contributed by atoms with Crippen molar-refractivity contribution in [3.05, 3.63) is 95.8 Å². The highest BCUT2D eigenvalue weighted by Gasteiger charge is 2.38. The van der Waals surface area contributed by atoms with Crippen LogP contribution in [0.3, 0.4) is 0 Å². The Kier molecular flexibility index (Phi) is 12.2. The van der Waals surface area contributed by atoms with Gasteiger partial charge in [-0.1, -0.05) is 0 Å². The van der Waals surface area contributed by atoms with Crippen molar-refractivity contribution in [1.29, 1.82) is 0 Å². The lowest BCUT2D eigenvalue weighted by molar-refractivity contribution is 0.0446. The second-order valence-electron chi connectivity index (χ2n) is 19.5. The standard InChI is InChI=1S/2C24H31N5O4/c2*1-23(32)5-3-8-28(10-6-23)19-12-20-16(13-24(2,15-30)33-20)11-18(19)27-22(31)17-14-26-29-9-4-7-25-21(17)29/h2*4,7,9,11-12,14,22,27,30-32H,3,5-6,8,10,13,15H2,1-2H3/t22?,23-,24+;22?,23-,24-/m10/s1. The molecule has 0 amide bonds. The van der Waals surface area contributed by atoms with E-state index in [0.29, 0.717) is 61.2 Å². The first-order chi connectivity index (χ1) is 31.5. The average Bonchev–Trinajstić information content (AvgIpc) is 4.03. The van der Waals surface area contributed by atoms with Gasteiger partial charge in [0.05, 0.1) is 70.7 Å². The molecule has 0 radical (unpaired) electrons. The Morgan fingerprint density at radius 2 is 1.05 bits per heavy atom. The Bertz CT molecular complexity index is 2510. The number of nitrogens with one attached hydrogen (secondary N) is 2. The summed E-state index contributed by atoms with van der Waals surface area (Å²) in [5.41, 5.74) is 4.92. The van der Waals surface area contributed by atoms with E-state index in [1.807, 2.05) is 52.0 Å². The fourth-order valence-electron chi connectivity index (χ4n) is 9.57. The summed E-state index contributed by atoms with van der Waals surface area (Å²) in [5.74, 6) is 1.49. The van der Waals surface area contributed by atoms with Crippen molar-refractivity contribution in [2.75, 3.05) is 59.8 Å². The molecule has 0 saturated carbocycles. The van der Waals surface area contributed by atoms with Crippen molar-refractivity contribution in [3.8, 4) is 11.5 Å². The van der Waals surface area contributed by atoms with Crippen molar-refractivity contribution in [3.63, 3.8) is 0 Å². The molecule has 6 aromatic rings. The normalized spacial score (nSPS) is 26.0. The maximum atomic E-state index is 11.1. The molecule has 2 saturated heterocycles. The number of fused-ring (bicyclic) bond motifs is 4. The molecular formula is C48H62N10O8. The second kappa shape index (κ2) is 17.8. The summed E-state index contributed by atoms with van der Waals surface area (Å²) in [7, 11) is 0. The number of benzene rings is 2. The van der Waals surface area contributed by atoms with E-state index in [4.69, 9.17) is 9.47 Å². The summed E-state index contributed by atoms with van der Waals surface area (Å²) >= 11 is 0. The molecule has 0 spiro atoms. The zero-order valence-electron chi connectivity index (χ0n) is 38.1. The third kappa shape index (κ3) is 9.43. The summed E-state index contributed by atoms with van der Waals surface area (Å²) in [4.78, 5) is 13.1. The molecule has 8 N–H and O–H groups in total. The van der Waals surface area contributed by atoms with Crippen LogP contribution in [0.4, 0.5) is 22.7 Å².